The molecule has 0 saturated carbocycles. The van der Waals surface area contributed by atoms with Crippen LogP contribution in [0, 0.1) is 26.1 Å². The minimum atomic E-state index is -0.767. The second kappa shape index (κ2) is 6.48. The van der Waals surface area contributed by atoms with Gasteiger partial charge < -0.3 is 10.0 Å². The maximum atomic E-state index is 12.4. The van der Waals surface area contributed by atoms with E-state index < -0.39 is 27.1 Å². The molecule has 0 aromatic heterocycles. The van der Waals surface area contributed by atoms with Crippen molar-refractivity contribution in [3.05, 3.63) is 44.0 Å². The number of carbonyl (C=O) groups is 1. The standard InChI is InChI=1S/C13H15N3O6/c17-8-9-2-1-3-14(7-9)13(18)10-4-11(15(19)20)6-12(5-10)16(21)22/h4-6,9,17H,1-3,7-8H2. The number of aliphatic hydroxyl groups is 1. The van der Waals surface area contributed by atoms with Crippen LogP contribution in [0.25, 0.3) is 0 Å². The summed E-state index contributed by atoms with van der Waals surface area (Å²) in [5.74, 6) is -0.531. The Morgan fingerprint density at radius 3 is 2.32 bits per heavy atom. The lowest BCUT2D eigenvalue weighted by molar-refractivity contribution is -0.394. The number of carbonyl (C=O) groups excluding carboxylic acids is 1. The van der Waals surface area contributed by atoms with Crippen molar-refractivity contribution in [3.63, 3.8) is 0 Å². The van der Waals surface area contributed by atoms with Crippen LogP contribution in [0.15, 0.2) is 18.2 Å². The number of aliphatic hydroxyl groups excluding tert-OH is 1. The molecule has 1 N–H and O–H groups in total. The molecule has 0 spiro atoms. The van der Waals surface area contributed by atoms with E-state index in [1.165, 1.54) is 4.90 Å². The molecule has 1 aliphatic rings. The van der Waals surface area contributed by atoms with Gasteiger partial charge in [-0.2, -0.15) is 0 Å². The maximum absolute atomic E-state index is 12.4. The van der Waals surface area contributed by atoms with Crippen LogP contribution >= 0.6 is 0 Å². The molecular formula is C13H15N3O6. The third kappa shape index (κ3) is 3.37. The van der Waals surface area contributed by atoms with Crippen LogP contribution in [0.3, 0.4) is 0 Å². The lowest BCUT2D eigenvalue weighted by atomic mass is 9.98. The normalized spacial score (nSPS) is 18.0. The number of piperidine rings is 1. The van der Waals surface area contributed by atoms with E-state index in [0.29, 0.717) is 19.5 Å². The van der Waals surface area contributed by atoms with E-state index in [1.54, 1.807) is 0 Å². The van der Waals surface area contributed by atoms with Crippen LogP contribution in [-0.4, -0.2) is 45.5 Å². The zero-order valence-electron chi connectivity index (χ0n) is 11.7. The number of nitro benzene ring substituents is 2. The first-order valence-electron chi connectivity index (χ1n) is 6.76. The van der Waals surface area contributed by atoms with E-state index in [2.05, 4.69) is 0 Å². The molecule has 0 aliphatic carbocycles. The molecule has 1 amide bonds. The Bertz CT molecular complexity index is 586. The second-order valence-electron chi connectivity index (χ2n) is 5.19. The number of benzene rings is 1. The highest BCUT2D eigenvalue weighted by Gasteiger charge is 2.27. The van der Waals surface area contributed by atoms with E-state index in [1.807, 2.05) is 0 Å². The Morgan fingerprint density at radius 1 is 1.23 bits per heavy atom. The van der Waals surface area contributed by atoms with E-state index in [0.717, 1.165) is 24.6 Å². The quantitative estimate of drug-likeness (QED) is 0.660. The average molecular weight is 309 g/mol. The molecule has 1 aromatic rings. The molecular weight excluding hydrogens is 294 g/mol. The molecule has 1 heterocycles. The molecule has 118 valence electrons. The molecule has 1 unspecified atom stereocenters. The summed E-state index contributed by atoms with van der Waals surface area (Å²) in [6.07, 6.45) is 1.52. The minimum absolute atomic E-state index is 0.0358. The summed E-state index contributed by atoms with van der Waals surface area (Å²) < 4.78 is 0. The lowest BCUT2D eigenvalue weighted by Crippen LogP contribution is -2.40. The van der Waals surface area contributed by atoms with Crippen molar-refractivity contribution >= 4 is 17.3 Å². The number of rotatable bonds is 4. The van der Waals surface area contributed by atoms with Crippen molar-refractivity contribution in [2.45, 2.75) is 12.8 Å². The highest BCUT2D eigenvalue weighted by molar-refractivity contribution is 5.95. The molecule has 1 aliphatic heterocycles. The van der Waals surface area contributed by atoms with Crippen LogP contribution in [0.1, 0.15) is 23.2 Å². The Morgan fingerprint density at radius 2 is 1.82 bits per heavy atom. The SMILES string of the molecule is O=C(c1cc([N+](=O)[O-])cc([N+](=O)[O-])c1)N1CCCC(CO)C1. The van der Waals surface area contributed by atoms with Crippen molar-refractivity contribution in [2.24, 2.45) is 5.92 Å². The van der Waals surface area contributed by atoms with Gasteiger partial charge >= 0.3 is 0 Å². The van der Waals surface area contributed by atoms with Crippen molar-refractivity contribution in [1.82, 2.24) is 4.90 Å². The van der Waals surface area contributed by atoms with Gasteiger partial charge in [0.25, 0.3) is 17.3 Å². The third-order valence-electron chi connectivity index (χ3n) is 3.64. The summed E-state index contributed by atoms with van der Waals surface area (Å²) in [7, 11) is 0. The summed E-state index contributed by atoms with van der Waals surface area (Å²) in [6.45, 7) is 0.760. The Hall–Kier alpha value is -2.55. The van der Waals surface area contributed by atoms with E-state index in [4.69, 9.17) is 0 Å². The van der Waals surface area contributed by atoms with Gasteiger partial charge in [-0.05, 0) is 18.8 Å². The van der Waals surface area contributed by atoms with Crippen molar-refractivity contribution < 1.29 is 19.7 Å². The number of hydrogen-bond donors (Lipinski definition) is 1. The number of likely N-dealkylation sites (tertiary alicyclic amines) is 1. The highest BCUT2D eigenvalue weighted by Crippen LogP contribution is 2.25. The summed E-state index contributed by atoms with van der Waals surface area (Å²) in [4.78, 5) is 34.0. The van der Waals surface area contributed by atoms with Crippen LogP contribution in [0.4, 0.5) is 11.4 Å². The largest absolute Gasteiger partial charge is 0.396 e. The van der Waals surface area contributed by atoms with Gasteiger partial charge in [-0.25, -0.2) is 0 Å². The van der Waals surface area contributed by atoms with Crippen molar-refractivity contribution in [1.29, 1.82) is 0 Å². The Kier molecular flexibility index (Phi) is 4.66. The Labute approximate surface area is 125 Å². The summed E-state index contributed by atoms with van der Waals surface area (Å²) in [5, 5.41) is 30.9. The number of non-ortho nitro benzene ring substituents is 2. The number of nitro groups is 2. The number of nitrogens with zero attached hydrogens (tertiary/aromatic N) is 3. The third-order valence-corrected chi connectivity index (χ3v) is 3.64. The van der Waals surface area contributed by atoms with Gasteiger partial charge in [0.2, 0.25) is 0 Å². The zero-order valence-corrected chi connectivity index (χ0v) is 11.7. The molecule has 2 rings (SSSR count). The molecule has 9 heteroatoms. The van der Waals surface area contributed by atoms with Crippen LogP contribution in [-0.2, 0) is 0 Å². The molecule has 1 saturated heterocycles. The number of amides is 1. The van der Waals surface area contributed by atoms with Gasteiger partial charge in [-0.3, -0.25) is 25.0 Å². The molecule has 9 nitrogen and oxygen atoms in total. The first-order chi connectivity index (χ1) is 10.4. The van der Waals surface area contributed by atoms with Crippen molar-refractivity contribution in [2.75, 3.05) is 19.7 Å². The average Bonchev–Trinajstić information content (AvgIpc) is 2.53. The molecule has 0 bridgehead atoms. The lowest BCUT2D eigenvalue weighted by Gasteiger charge is -2.31. The zero-order chi connectivity index (χ0) is 16.3. The van der Waals surface area contributed by atoms with Gasteiger partial charge in [0.15, 0.2) is 0 Å². The predicted octanol–water partition coefficient (Wildman–Crippen LogP) is 1.35. The fraction of sp³-hybridized carbons (Fsp3) is 0.462. The first-order valence-corrected chi connectivity index (χ1v) is 6.76. The van der Waals surface area contributed by atoms with Gasteiger partial charge in [0.1, 0.15) is 0 Å². The van der Waals surface area contributed by atoms with E-state index in [9.17, 15) is 30.1 Å². The topological polar surface area (TPSA) is 127 Å². The summed E-state index contributed by atoms with van der Waals surface area (Å²) >= 11 is 0. The molecule has 1 fully saturated rings. The van der Waals surface area contributed by atoms with Gasteiger partial charge in [-0.15, -0.1) is 0 Å². The fourth-order valence-electron chi connectivity index (χ4n) is 2.51. The summed E-state index contributed by atoms with van der Waals surface area (Å²) in [5.41, 5.74) is -1.07. The monoisotopic (exact) mass is 309 g/mol. The van der Waals surface area contributed by atoms with E-state index >= 15 is 0 Å². The maximum Gasteiger partial charge on any atom is 0.277 e. The summed E-state index contributed by atoms with van der Waals surface area (Å²) in [6, 6.07) is 2.90. The second-order valence-corrected chi connectivity index (χ2v) is 5.19. The molecule has 1 aromatic carbocycles. The Balaban J connectivity index is 2.32. The van der Waals surface area contributed by atoms with Gasteiger partial charge in [0, 0.05) is 31.8 Å². The van der Waals surface area contributed by atoms with E-state index in [-0.39, 0.29) is 18.1 Å². The molecule has 22 heavy (non-hydrogen) atoms. The fourth-order valence-corrected chi connectivity index (χ4v) is 2.51. The first kappa shape index (κ1) is 15.8. The van der Waals surface area contributed by atoms with Crippen molar-refractivity contribution in [3.8, 4) is 0 Å². The molecule has 0 radical (unpaired) electrons. The smallest absolute Gasteiger partial charge is 0.277 e. The highest BCUT2D eigenvalue weighted by atomic mass is 16.6. The van der Waals surface area contributed by atoms with Gasteiger partial charge in [0.05, 0.1) is 21.5 Å². The van der Waals surface area contributed by atoms with Crippen LogP contribution in [0.2, 0.25) is 0 Å². The van der Waals surface area contributed by atoms with Crippen LogP contribution < -0.4 is 0 Å². The van der Waals surface area contributed by atoms with Gasteiger partial charge in [-0.1, -0.05) is 0 Å². The molecule has 1 atom stereocenters. The predicted molar refractivity (Wildman–Crippen MR) is 75.5 cm³/mol. The number of hydrogen-bond acceptors (Lipinski definition) is 6. The van der Waals surface area contributed by atoms with Crippen LogP contribution in [0.5, 0.6) is 0 Å². The minimum Gasteiger partial charge on any atom is -0.396 e.